The molecule has 2 fully saturated rings. The average Bonchev–Trinajstić information content (AvgIpc) is 3.16. The highest BCUT2D eigenvalue weighted by Gasteiger charge is 2.22. The van der Waals surface area contributed by atoms with Crippen molar-refractivity contribution in [2.75, 3.05) is 13.2 Å². The summed E-state index contributed by atoms with van der Waals surface area (Å²) in [5, 5.41) is 13.2. The lowest BCUT2D eigenvalue weighted by atomic mass is 10.1. The molecule has 1 heterocycles. The molecule has 0 bridgehead atoms. The molecule has 1 aromatic carbocycles. The molecule has 1 saturated heterocycles. The standard InChI is InChI=1S/C14H16N2OS/c15-6-11-5-10(7-16-12-2-3-12)1-4-14(11)18-13-8-17-9-13/h1,4-5,12-13,16H,2-3,7-9H2. The summed E-state index contributed by atoms with van der Waals surface area (Å²) in [6, 6.07) is 9.22. The molecule has 0 atom stereocenters. The smallest absolute Gasteiger partial charge is 0.100 e. The van der Waals surface area contributed by atoms with Crippen molar-refractivity contribution in [3.8, 4) is 6.07 Å². The van der Waals surface area contributed by atoms with Crippen molar-refractivity contribution in [2.45, 2.75) is 35.6 Å². The lowest BCUT2D eigenvalue weighted by molar-refractivity contribution is 0.0455. The minimum Gasteiger partial charge on any atom is -0.379 e. The lowest BCUT2D eigenvalue weighted by Gasteiger charge is -2.25. The summed E-state index contributed by atoms with van der Waals surface area (Å²) in [6.45, 7) is 2.48. The highest BCUT2D eigenvalue weighted by molar-refractivity contribution is 8.00. The molecule has 3 nitrogen and oxygen atoms in total. The first kappa shape index (κ1) is 12.0. The van der Waals surface area contributed by atoms with Gasteiger partial charge < -0.3 is 10.1 Å². The molecule has 4 heteroatoms. The minimum atomic E-state index is 0.521. The van der Waals surface area contributed by atoms with Crippen LogP contribution in [-0.2, 0) is 11.3 Å². The fraction of sp³-hybridized carbons (Fsp3) is 0.500. The van der Waals surface area contributed by atoms with Crippen LogP contribution < -0.4 is 5.32 Å². The van der Waals surface area contributed by atoms with Gasteiger partial charge in [-0.15, -0.1) is 11.8 Å². The van der Waals surface area contributed by atoms with Crippen molar-refractivity contribution in [3.05, 3.63) is 29.3 Å². The molecule has 1 N–H and O–H groups in total. The fourth-order valence-corrected chi connectivity index (χ4v) is 2.95. The van der Waals surface area contributed by atoms with Gasteiger partial charge in [-0.1, -0.05) is 6.07 Å². The van der Waals surface area contributed by atoms with Crippen molar-refractivity contribution in [2.24, 2.45) is 0 Å². The maximum atomic E-state index is 9.22. The van der Waals surface area contributed by atoms with Gasteiger partial charge in [-0.25, -0.2) is 0 Å². The Morgan fingerprint density at radius 3 is 2.83 bits per heavy atom. The van der Waals surface area contributed by atoms with Gasteiger partial charge in [0.2, 0.25) is 0 Å². The van der Waals surface area contributed by atoms with E-state index < -0.39 is 0 Å². The molecule has 1 aliphatic heterocycles. The molecular weight excluding hydrogens is 244 g/mol. The summed E-state index contributed by atoms with van der Waals surface area (Å²) in [7, 11) is 0. The normalized spacial score (nSPS) is 19.3. The van der Waals surface area contributed by atoms with Crippen LogP contribution in [0.2, 0.25) is 0 Å². The van der Waals surface area contributed by atoms with Gasteiger partial charge in [-0.3, -0.25) is 0 Å². The number of ether oxygens (including phenoxy) is 1. The Balaban J connectivity index is 1.67. The second-order valence-corrected chi connectivity index (χ2v) is 6.22. The molecule has 0 unspecified atom stereocenters. The van der Waals surface area contributed by atoms with Crippen LogP contribution in [0, 0.1) is 11.3 Å². The number of rotatable bonds is 5. The zero-order valence-corrected chi connectivity index (χ0v) is 11.0. The van der Waals surface area contributed by atoms with E-state index >= 15 is 0 Å². The molecule has 0 radical (unpaired) electrons. The zero-order chi connectivity index (χ0) is 12.4. The Labute approximate surface area is 112 Å². The van der Waals surface area contributed by atoms with Crippen molar-refractivity contribution in [1.29, 1.82) is 5.26 Å². The third-order valence-electron chi connectivity index (χ3n) is 3.24. The van der Waals surface area contributed by atoms with Gasteiger partial charge in [0, 0.05) is 17.5 Å². The Hall–Kier alpha value is -1.02. The van der Waals surface area contributed by atoms with Crippen molar-refractivity contribution in [1.82, 2.24) is 5.32 Å². The van der Waals surface area contributed by atoms with E-state index in [0.717, 1.165) is 30.2 Å². The van der Waals surface area contributed by atoms with Gasteiger partial charge in [0.1, 0.15) is 6.07 Å². The Kier molecular flexibility index (Phi) is 3.55. The summed E-state index contributed by atoms with van der Waals surface area (Å²) in [6.07, 6.45) is 2.58. The predicted octanol–water partition coefficient (Wildman–Crippen LogP) is 2.30. The van der Waals surface area contributed by atoms with Crippen LogP contribution >= 0.6 is 11.8 Å². The molecule has 3 rings (SSSR count). The average molecular weight is 260 g/mol. The van der Waals surface area contributed by atoms with E-state index in [1.807, 2.05) is 6.07 Å². The van der Waals surface area contributed by atoms with E-state index in [9.17, 15) is 5.26 Å². The maximum Gasteiger partial charge on any atom is 0.100 e. The van der Waals surface area contributed by atoms with Gasteiger partial charge in [-0.2, -0.15) is 5.26 Å². The Morgan fingerprint density at radius 2 is 2.22 bits per heavy atom. The van der Waals surface area contributed by atoms with Gasteiger partial charge in [-0.05, 0) is 30.5 Å². The largest absolute Gasteiger partial charge is 0.379 e. The van der Waals surface area contributed by atoms with Gasteiger partial charge >= 0.3 is 0 Å². The van der Waals surface area contributed by atoms with E-state index in [2.05, 4.69) is 23.5 Å². The van der Waals surface area contributed by atoms with Crippen LogP contribution in [0.3, 0.4) is 0 Å². The van der Waals surface area contributed by atoms with Crippen LogP contribution in [-0.4, -0.2) is 24.5 Å². The van der Waals surface area contributed by atoms with E-state index in [0.29, 0.717) is 11.3 Å². The van der Waals surface area contributed by atoms with E-state index in [4.69, 9.17) is 4.74 Å². The molecule has 1 aromatic rings. The SMILES string of the molecule is N#Cc1cc(CNC2CC2)ccc1SC1COC1. The molecule has 2 aliphatic rings. The first-order valence-electron chi connectivity index (χ1n) is 6.36. The third kappa shape index (κ3) is 2.86. The maximum absolute atomic E-state index is 9.22. The molecule has 0 amide bonds. The van der Waals surface area contributed by atoms with Crippen LogP contribution in [0.1, 0.15) is 24.0 Å². The molecule has 0 spiro atoms. The molecule has 18 heavy (non-hydrogen) atoms. The van der Waals surface area contributed by atoms with Crippen LogP contribution in [0.15, 0.2) is 23.1 Å². The second kappa shape index (κ2) is 5.31. The molecule has 1 saturated carbocycles. The fourth-order valence-electron chi connectivity index (χ4n) is 1.89. The summed E-state index contributed by atoms with van der Waals surface area (Å²) in [5.41, 5.74) is 2.00. The summed E-state index contributed by atoms with van der Waals surface area (Å²) >= 11 is 1.76. The number of thioether (sulfide) groups is 1. The number of hydrogen-bond donors (Lipinski definition) is 1. The van der Waals surface area contributed by atoms with Crippen LogP contribution in [0.25, 0.3) is 0 Å². The molecule has 0 aromatic heterocycles. The monoisotopic (exact) mass is 260 g/mol. The minimum absolute atomic E-state index is 0.521. The number of nitriles is 1. The Morgan fingerprint density at radius 1 is 1.39 bits per heavy atom. The lowest BCUT2D eigenvalue weighted by Crippen LogP contribution is -2.30. The van der Waals surface area contributed by atoms with Gasteiger partial charge in [0.15, 0.2) is 0 Å². The van der Waals surface area contributed by atoms with Crippen LogP contribution in [0.4, 0.5) is 0 Å². The van der Waals surface area contributed by atoms with Crippen molar-refractivity contribution >= 4 is 11.8 Å². The quantitative estimate of drug-likeness (QED) is 0.882. The third-order valence-corrected chi connectivity index (χ3v) is 4.45. The predicted molar refractivity (Wildman–Crippen MR) is 71.5 cm³/mol. The first-order valence-corrected chi connectivity index (χ1v) is 7.24. The highest BCUT2D eigenvalue weighted by atomic mass is 32.2. The zero-order valence-electron chi connectivity index (χ0n) is 10.2. The van der Waals surface area contributed by atoms with E-state index in [-0.39, 0.29) is 0 Å². The number of nitrogens with zero attached hydrogens (tertiary/aromatic N) is 1. The van der Waals surface area contributed by atoms with E-state index in [1.54, 1.807) is 11.8 Å². The number of hydrogen-bond acceptors (Lipinski definition) is 4. The first-order chi connectivity index (χ1) is 8.85. The topological polar surface area (TPSA) is 45.0 Å². The number of nitrogens with one attached hydrogen (secondary N) is 1. The second-order valence-electron chi connectivity index (χ2n) is 4.87. The van der Waals surface area contributed by atoms with Gasteiger partial charge in [0.25, 0.3) is 0 Å². The summed E-state index contributed by atoms with van der Waals surface area (Å²) < 4.78 is 5.16. The van der Waals surface area contributed by atoms with Crippen LogP contribution in [0.5, 0.6) is 0 Å². The van der Waals surface area contributed by atoms with Crippen molar-refractivity contribution < 1.29 is 4.74 Å². The Bertz CT molecular complexity index is 475. The highest BCUT2D eigenvalue weighted by Crippen LogP contribution is 2.31. The number of benzene rings is 1. The molecule has 94 valence electrons. The van der Waals surface area contributed by atoms with Crippen molar-refractivity contribution in [3.63, 3.8) is 0 Å². The summed E-state index contributed by atoms with van der Waals surface area (Å²) in [5.74, 6) is 0. The molecular formula is C14H16N2OS. The molecule has 1 aliphatic carbocycles. The van der Waals surface area contributed by atoms with Gasteiger partial charge in [0.05, 0.1) is 24.0 Å². The van der Waals surface area contributed by atoms with E-state index in [1.165, 1.54) is 18.4 Å². The summed E-state index contributed by atoms with van der Waals surface area (Å²) in [4.78, 5) is 1.08.